The summed E-state index contributed by atoms with van der Waals surface area (Å²) in [6.45, 7) is 8.07. The maximum atomic E-state index is 14.5. The van der Waals surface area contributed by atoms with Gasteiger partial charge >= 0.3 is 0 Å². The molecule has 0 saturated carbocycles. The summed E-state index contributed by atoms with van der Waals surface area (Å²) in [5.41, 5.74) is 1.83. The van der Waals surface area contributed by atoms with E-state index in [1.54, 1.807) is 12.1 Å². The van der Waals surface area contributed by atoms with Gasteiger partial charge in [-0.15, -0.1) is 0 Å². The van der Waals surface area contributed by atoms with Crippen molar-refractivity contribution in [2.24, 2.45) is 5.92 Å². The van der Waals surface area contributed by atoms with Crippen molar-refractivity contribution in [3.63, 3.8) is 0 Å². The largest absolute Gasteiger partial charge is 0.494 e. The second kappa shape index (κ2) is 15.7. The Morgan fingerprint density at radius 3 is 2.03 bits per heavy atom. The summed E-state index contributed by atoms with van der Waals surface area (Å²) in [5, 5.41) is 0. The smallest absolute Gasteiger partial charge is 0.165 e. The molecular weight excluding hydrogens is 399 g/mol. The van der Waals surface area contributed by atoms with Gasteiger partial charge in [0.15, 0.2) is 11.6 Å². The van der Waals surface area contributed by atoms with Crippen LogP contribution in [0.15, 0.2) is 42.5 Å². The van der Waals surface area contributed by atoms with Crippen molar-refractivity contribution in [3.05, 3.63) is 48.3 Å². The third-order valence-electron chi connectivity index (χ3n) is 6.04. The molecule has 0 unspecified atom stereocenters. The predicted molar refractivity (Wildman–Crippen MR) is 134 cm³/mol. The van der Waals surface area contributed by atoms with E-state index in [4.69, 9.17) is 9.47 Å². The lowest BCUT2D eigenvalue weighted by atomic mass is 9.99. The molecule has 0 spiro atoms. The van der Waals surface area contributed by atoms with E-state index >= 15 is 0 Å². The molecule has 2 rings (SSSR count). The van der Waals surface area contributed by atoms with Gasteiger partial charge in [0.2, 0.25) is 0 Å². The SMILES string of the molecule is CCCCCCCCOc1ccc(-c2ccc(OCCC[C@@H](C)CCCC)c(F)c2)cc1. The summed E-state index contributed by atoms with van der Waals surface area (Å²) in [5.74, 6) is 1.62. The van der Waals surface area contributed by atoms with Crippen molar-refractivity contribution in [2.75, 3.05) is 13.2 Å². The Morgan fingerprint density at radius 2 is 1.31 bits per heavy atom. The molecule has 178 valence electrons. The number of hydrogen-bond acceptors (Lipinski definition) is 2. The van der Waals surface area contributed by atoms with Crippen LogP contribution in [0.3, 0.4) is 0 Å². The molecule has 0 aliphatic heterocycles. The number of halogens is 1. The molecule has 0 saturated heterocycles. The fraction of sp³-hybridized carbons (Fsp3) is 0.586. The van der Waals surface area contributed by atoms with Crippen molar-refractivity contribution < 1.29 is 13.9 Å². The van der Waals surface area contributed by atoms with E-state index in [1.165, 1.54) is 51.4 Å². The quantitative estimate of drug-likeness (QED) is 0.227. The second-order valence-corrected chi connectivity index (χ2v) is 9.02. The van der Waals surface area contributed by atoms with Gasteiger partial charge in [0.1, 0.15) is 5.75 Å². The van der Waals surface area contributed by atoms with Crippen molar-refractivity contribution in [1.82, 2.24) is 0 Å². The number of ether oxygens (including phenoxy) is 2. The van der Waals surface area contributed by atoms with E-state index in [9.17, 15) is 4.39 Å². The van der Waals surface area contributed by atoms with E-state index in [2.05, 4.69) is 20.8 Å². The summed E-state index contributed by atoms with van der Waals surface area (Å²) in [6.07, 6.45) is 13.4. The van der Waals surface area contributed by atoms with Crippen LogP contribution in [0.5, 0.6) is 11.5 Å². The zero-order chi connectivity index (χ0) is 23.0. The predicted octanol–water partition coefficient (Wildman–Crippen LogP) is 9.22. The average molecular weight is 443 g/mol. The normalized spacial score (nSPS) is 12.0. The van der Waals surface area contributed by atoms with Crippen LogP contribution in [0.4, 0.5) is 4.39 Å². The molecule has 0 bridgehead atoms. The molecule has 0 heterocycles. The number of benzene rings is 2. The monoisotopic (exact) mass is 442 g/mol. The van der Waals surface area contributed by atoms with Gasteiger partial charge in [0.05, 0.1) is 13.2 Å². The van der Waals surface area contributed by atoms with Gasteiger partial charge in [-0.1, -0.05) is 90.3 Å². The van der Waals surface area contributed by atoms with Gasteiger partial charge in [-0.05, 0) is 60.6 Å². The fourth-order valence-electron chi connectivity index (χ4n) is 3.92. The maximum absolute atomic E-state index is 14.5. The Kier molecular flexibility index (Phi) is 12.9. The van der Waals surface area contributed by atoms with Crippen molar-refractivity contribution in [1.29, 1.82) is 0 Å². The molecule has 0 aromatic heterocycles. The van der Waals surface area contributed by atoms with Crippen LogP contribution in [0.1, 0.15) is 91.4 Å². The van der Waals surface area contributed by atoms with Gasteiger partial charge in [-0.3, -0.25) is 0 Å². The molecule has 0 fully saturated rings. The zero-order valence-corrected chi connectivity index (χ0v) is 20.5. The maximum Gasteiger partial charge on any atom is 0.165 e. The lowest BCUT2D eigenvalue weighted by Gasteiger charge is -2.12. The van der Waals surface area contributed by atoms with Gasteiger partial charge < -0.3 is 9.47 Å². The van der Waals surface area contributed by atoms with E-state index in [1.807, 2.05) is 30.3 Å². The lowest BCUT2D eigenvalue weighted by molar-refractivity contribution is 0.279. The van der Waals surface area contributed by atoms with Gasteiger partial charge in [0, 0.05) is 0 Å². The average Bonchev–Trinajstić information content (AvgIpc) is 2.81. The van der Waals surface area contributed by atoms with Crippen LogP contribution in [-0.2, 0) is 0 Å². The summed E-state index contributed by atoms with van der Waals surface area (Å²) >= 11 is 0. The molecule has 0 N–H and O–H groups in total. The molecule has 0 radical (unpaired) electrons. The molecule has 2 aromatic rings. The van der Waals surface area contributed by atoms with Crippen LogP contribution < -0.4 is 9.47 Å². The van der Waals surface area contributed by atoms with E-state index in [0.29, 0.717) is 18.3 Å². The van der Waals surface area contributed by atoms with Crippen LogP contribution in [-0.4, -0.2) is 13.2 Å². The Hall–Kier alpha value is -2.03. The Bertz CT molecular complexity index is 741. The highest BCUT2D eigenvalue weighted by atomic mass is 19.1. The van der Waals surface area contributed by atoms with Crippen LogP contribution in [0, 0.1) is 11.7 Å². The molecule has 0 amide bonds. The highest BCUT2D eigenvalue weighted by Gasteiger charge is 2.08. The molecule has 0 aliphatic carbocycles. The summed E-state index contributed by atoms with van der Waals surface area (Å²) < 4.78 is 26.1. The highest BCUT2D eigenvalue weighted by Crippen LogP contribution is 2.27. The minimum Gasteiger partial charge on any atom is -0.494 e. The summed E-state index contributed by atoms with van der Waals surface area (Å²) in [7, 11) is 0. The molecule has 3 heteroatoms. The van der Waals surface area contributed by atoms with Crippen molar-refractivity contribution in [3.8, 4) is 22.6 Å². The molecular formula is C29H43FO2. The van der Waals surface area contributed by atoms with E-state index < -0.39 is 0 Å². The summed E-state index contributed by atoms with van der Waals surface area (Å²) in [4.78, 5) is 0. The second-order valence-electron chi connectivity index (χ2n) is 9.02. The first-order chi connectivity index (χ1) is 15.6. The van der Waals surface area contributed by atoms with Gasteiger partial charge in [-0.25, -0.2) is 4.39 Å². The first kappa shape index (κ1) is 26.2. The topological polar surface area (TPSA) is 18.5 Å². The third kappa shape index (κ3) is 10.1. The lowest BCUT2D eigenvalue weighted by Crippen LogP contribution is -2.03. The number of hydrogen-bond donors (Lipinski definition) is 0. The van der Waals surface area contributed by atoms with Crippen LogP contribution in [0.25, 0.3) is 11.1 Å². The molecule has 0 aliphatic rings. The van der Waals surface area contributed by atoms with E-state index in [0.717, 1.165) is 42.7 Å². The summed E-state index contributed by atoms with van der Waals surface area (Å²) in [6, 6.07) is 13.1. The highest BCUT2D eigenvalue weighted by molar-refractivity contribution is 5.65. The first-order valence-corrected chi connectivity index (χ1v) is 12.8. The molecule has 1 atom stereocenters. The van der Waals surface area contributed by atoms with Gasteiger partial charge in [0.25, 0.3) is 0 Å². The Morgan fingerprint density at radius 1 is 0.688 bits per heavy atom. The minimum atomic E-state index is -0.301. The Labute approximate surface area is 195 Å². The molecule has 2 nitrogen and oxygen atoms in total. The van der Waals surface area contributed by atoms with Crippen molar-refractivity contribution >= 4 is 0 Å². The Balaban J connectivity index is 1.74. The third-order valence-corrected chi connectivity index (χ3v) is 6.04. The van der Waals surface area contributed by atoms with Gasteiger partial charge in [-0.2, -0.15) is 0 Å². The fourth-order valence-corrected chi connectivity index (χ4v) is 3.92. The number of rotatable bonds is 17. The first-order valence-electron chi connectivity index (χ1n) is 12.8. The molecule has 2 aromatic carbocycles. The minimum absolute atomic E-state index is 0.301. The van der Waals surface area contributed by atoms with Crippen molar-refractivity contribution in [2.45, 2.75) is 91.4 Å². The zero-order valence-electron chi connectivity index (χ0n) is 20.5. The van der Waals surface area contributed by atoms with E-state index in [-0.39, 0.29) is 5.82 Å². The van der Waals surface area contributed by atoms with Crippen LogP contribution in [0.2, 0.25) is 0 Å². The molecule has 32 heavy (non-hydrogen) atoms. The standard InChI is InChI=1S/C29H43FO2/c1-4-6-8-9-10-11-21-31-27-18-15-25(16-19-27)26-17-20-29(28(30)23-26)32-22-12-14-24(3)13-7-5-2/h15-20,23-24H,4-14,21-22H2,1-3H3/t24-/m0/s1. The number of unbranched alkanes of at least 4 members (excludes halogenated alkanes) is 6. The van der Waals surface area contributed by atoms with Crippen LogP contribution >= 0.6 is 0 Å².